The Hall–Kier alpha value is -3.39. The number of carboxylic acids is 1. The van der Waals surface area contributed by atoms with E-state index in [1.54, 1.807) is 0 Å². The van der Waals surface area contributed by atoms with Gasteiger partial charge in [-0.25, -0.2) is 18.0 Å². The Balaban J connectivity index is 1.82. The molecule has 0 bridgehead atoms. The van der Waals surface area contributed by atoms with Crippen molar-refractivity contribution in [2.75, 3.05) is 6.54 Å². The van der Waals surface area contributed by atoms with Gasteiger partial charge < -0.3 is 5.11 Å². The lowest BCUT2D eigenvalue weighted by atomic mass is 9.82. The summed E-state index contributed by atoms with van der Waals surface area (Å²) < 4.78 is 47.8. The average molecular weight is 512 g/mol. The number of benzene rings is 2. The number of aromatic nitrogens is 2. The van der Waals surface area contributed by atoms with Gasteiger partial charge in [0.1, 0.15) is 17.3 Å². The van der Waals surface area contributed by atoms with Gasteiger partial charge in [-0.05, 0) is 74.1 Å². The molecule has 2 atom stereocenters. The lowest BCUT2D eigenvalue weighted by molar-refractivity contribution is -0.131. The van der Waals surface area contributed by atoms with Crippen LogP contribution < -0.4 is 0 Å². The van der Waals surface area contributed by atoms with Gasteiger partial charge in [-0.1, -0.05) is 25.1 Å². The van der Waals surface area contributed by atoms with Crippen LogP contribution in [0, 0.1) is 11.6 Å². The van der Waals surface area contributed by atoms with E-state index in [2.05, 4.69) is 12.0 Å². The number of rotatable bonds is 8. The Morgan fingerprint density at radius 2 is 1.89 bits per heavy atom. The highest BCUT2D eigenvalue weighted by Crippen LogP contribution is 2.42. The second kappa shape index (κ2) is 10.5. The van der Waals surface area contributed by atoms with Gasteiger partial charge >= 0.3 is 5.97 Å². The fourth-order valence-electron chi connectivity index (χ4n) is 5.09. The van der Waals surface area contributed by atoms with Crippen LogP contribution in [0.5, 0.6) is 0 Å². The summed E-state index contributed by atoms with van der Waals surface area (Å²) in [6.45, 7) is 7.73. The number of aryl methyl sites for hydroxylation is 1. The first-order valence-electron chi connectivity index (χ1n) is 12.5. The number of fused-ring (bicyclic) bond motifs is 1. The van der Waals surface area contributed by atoms with Crippen molar-refractivity contribution in [2.24, 2.45) is 0 Å². The van der Waals surface area contributed by atoms with Crippen LogP contribution in [0.1, 0.15) is 62.4 Å². The molecule has 4 rings (SSSR count). The second-order valence-electron chi connectivity index (χ2n) is 10.3. The Labute approximate surface area is 215 Å². The molecule has 0 radical (unpaired) electrons. The molecule has 3 aromatic rings. The van der Waals surface area contributed by atoms with Crippen LogP contribution >= 0.6 is 0 Å². The van der Waals surface area contributed by atoms with Crippen molar-refractivity contribution in [1.29, 1.82) is 0 Å². The van der Waals surface area contributed by atoms with Gasteiger partial charge in [-0.2, -0.15) is 5.10 Å². The summed E-state index contributed by atoms with van der Waals surface area (Å²) in [5, 5.41) is 13.3. The Morgan fingerprint density at radius 3 is 2.51 bits per heavy atom. The summed E-state index contributed by atoms with van der Waals surface area (Å²) in [7, 11) is 0. The van der Waals surface area contributed by atoms with Gasteiger partial charge in [-0.15, -0.1) is 0 Å². The predicted molar refractivity (Wildman–Crippen MR) is 138 cm³/mol. The quantitative estimate of drug-likeness (QED) is 0.355. The highest BCUT2D eigenvalue weighted by atomic mass is 19.1. The zero-order valence-corrected chi connectivity index (χ0v) is 21.5. The van der Waals surface area contributed by atoms with Crippen molar-refractivity contribution in [3.8, 4) is 11.1 Å². The molecule has 2 heterocycles. The summed E-state index contributed by atoms with van der Waals surface area (Å²) in [5.41, 5.74) is 1.92. The number of alkyl halides is 1. The zero-order chi connectivity index (χ0) is 26.9. The van der Waals surface area contributed by atoms with Crippen LogP contribution in [-0.4, -0.2) is 44.0 Å². The highest BCUT2D eigenvalue weighted by molar-refractivity contribution is 5.85. The van der Waals surface area contributed by atoms with Crippen LogP contribution in [0.2, 0.25) is 0 Å². The van der Waals surface area contributed by atoms with Crippen LogP contribution in [-0.2, 0) is 17.8 Å². The van der Waals surface area contributed by atoms with Gasteiger partial charge in [-0.3, -0.25) is 9.58 Å². The molecule has 0 amide bonds. The first kappa shape index (κ1) is 26.7. The first-order chi connectivity index (χ1) is 17.5. The number of hydrogen-bond acceptors (Lipinski definition) is 3. The Bertz CT molecular complexity index is 1300. The van der Waals surface area contributed by atoms with Crippen LogP contribution in [0.4, 0.5) is 13.2 Å². The van der Waals surface area contributed by atoms with Crippen LogP contribution in [0.25, 0.3) is 17.2 Å². The van der Waals surface area contributed by atoms with Crippen molar-refractivity contribution < 1.29 is 23.1 Å². The number of carboxylic acid groups (broad SMARTS) is 1. The fourth-order valence-corrected chi connectivity index (χ4v) is 5.09. The molecule has 0 spiro atoms. The summed E-state index contributed by atoms with van der Waals surface area (Å²) >= 11 is 0. The SMILES string of the molecule is CCCn1cc(-c2ccc3c(c2)CC(C)N(CC(C)(C)F)C3c2c(F)cc(/C=C/C(=O)O)cc2F)cn1. The standard InChI is InChI=1S/C29H32F3N3O2/c1-5-10-34-16-22(15-33-34)20-7-8-23-21(14-20)11-18(2)35(17-29(3,4)32)28(23)27-24(30)12-19(13-25(27)31)6-9-26(36)37/h6-9,12-16,18,28H,5,10-11,17H2,1-4H3,(H,36,37)/b9-6+. The highest BCUT2D eigenvalue weighted by Gasteiger charge is 2.39. The third-order valence-corrected chi connectivity index (χ3v) is 6.62. The summed E-state index contributed by atoms with van der Waals surface area (Å²) in [4.78, 5) is 12.7. The molecule has 0 saturated heterocycles. The average Bonchev–Trinajstić information content (AvgIpc) is 3.27. The van der Waals surface area contributed by atoms with Crippen molar-refractivity contribution in [3.05, 3.63) is 82.7 Å². The molecule has 5 nitrogen and oxygen atoms in total. The normalized spacial score (nSPS) is 18.4. The van der Waals surface area contributed by atoms with Gasteiger partial charge in [0.25, 0.3) is 0 Å². The molecule has 0 fully saturated rings. The van der Waals surface area contributed by atoms with E-state index >= 15 is 8.78 Å². The van der Waals surface area contributed by atoms with Crippen molar-refractivity contribution >= 4 is 12.0 Å². The fraction of sp³-hybridized carbons (Fsp3) is 0.379. The van der Waals surface area contributed by atoms with E-state index in [0.717, 1.165) is 59.5 Å². The molecular formula is C29H32F3N3O2. The molecule has 2 unspecified atom stereocenters. The number of carbonyl (C=O) groups is 1. The lowest BCUT2D eigenvalue weighted by Gasteiger charge is -2.44. The molecule has 1 aliphatic rings. The van der Waals surface area contributed by atoms with Crippen molar-refractivity contribution in [2.45, 2.75) is 64.8 Å². The third-order valence-electron chi connectivity index (χ3n) is 6.62. The number of aliphatic carboxylic acids is 1. The smallest absolute Gasteiger partial charge is 0.328 e. The Morgan fingerprint density at radius 1 is 1.19 bits per heavy atom. The van der Waals surface area contributed by atoms with E-state index in [1.165, 1.54) is 13.8 Å². The molecule has 2 aromatic carbocycles. The van der Waals surface area contributed by atoms with E-state index in [1.807, 2.05) is 47.1 Å². The lowest BCUT2D eigenvalue weighted by Crippen LogP contribution is -2.48. The predicted octanol–water partition coefficient (Wildman–Crippen LogP) is 6.42. The molecule has 1 aromatic heterocycles. The maximum absolute atomic E-state index is 15.5. The number of halogens is 3. The van der Waals surface area contributed by atoms with E-state index in [0.29, 0.717) is 6.42 Å². The minimum atomic E-state index is -1.59. The largest absolute Gasteiger partial charge is 0.478 e. The summed E-state index contributed by atoms with van der Waals surface area (Å²) in [6, 6.07) is 7.02. The van der Waals surface area contributed by atoms with Crippen molar-refractivity contribution in [3.63, 3.8) is 0 Å². The summed E-state index contributed by atoms with van der Waals surface area (Å²) in [6.07, 6.45) is 7.32. The van der Waals surface area contributed by atoms with Gasteiger partial charge in [0, 0.05) is 42.5 Å². The second-order valence-corrected chi connectivity index (χ2v) is 10.3. The van der Waals surface area contributed by atoms with Crippen molar-refractivity contribution in [1.82, 2.24) is 14.7 Å². The van der Waals surface area contributed by atoms with Crippen LogP contribution in [0.3, 0.4) is 0 Å². The van der Waals surface area contributed by atoms with Gasteiger partial charge in [0.05, 0.1) is 12.2 Å². The van der Waals surface area contributed by atoms with E-state index < -0.39 is 29.3 Å². The van der Waals surface area contributed by atoms with E-state index in [9.17, 15) is 9.18 Å². The van der Waals surface area contributed by atoms with E-state index in [4.69, 9.17) is 5.11 Å². The van der Waals surface area contributed by atoms with Crippen LogP contribution in [0.15, 0.2) is 48.8 Å². The molecule has 0 aliphatic carbocycles. The molecule has 1 aliphatic heterocycles. The summed E-state index contributed by atoms with van der Waals surface area (Å²) in [5.74, 6) is -2.82. The number of nitrogens with zero attached hydrogens (tertiary/aromatic N) is 3. The maximum Gasteiger partial charge on any atom is 0.328 e. The topological polar surface area (TPSA) is 58.4 Å². The molecule has 0 saturated carbocycles. The zero-order valence-electron chi connectivity index (χ0n) is 21.5. The van der Waals surface area contributed by atoms with E-state index in [-0.39, 0.29) is 23.7 Å². The minimum absolute atomic E-state index is 0.0106. The number of hydrogen-bond donors (Lipinski definition) is 1. The molecule has 8 heteroatoms. The molecular weight excluding hydrogens is 479 g/mol. The first-order valence-corrected chi connectivity index (χ1v) is 12.5. The molecule has 37 heavy (non-hydrogen) atoms. The monoisotopic (exact) mass is 511 g/mol. The van der Waals surface area contributed by atoms with Gasteiger partial charge in [0.2, 0.25) is 0 Å². The molecule has 1 N–H and O–H groups in total. The van der Waals surface area contributed by atoms with Gasteiger partial charge in [0.15, 0.2) is 0 Å². The maximum atomic E-state index is 15.5. The Kier molecular flexibility index (Phi) is 7.59. The minimum Gasteiger partial charge on any atom is -0.478 e. The third kappa shape index (κ3) is 5.96. The molecule has 196 valence electrons.